The largest absolute Gasteiger partial charge is 0.497 e. The molecule has 0 saturated heterocycles. The predicted octanol–water partition coefficient (Wildman–Crippen LogP) is 2.34. The van der Waals surface area contributed by atoms with Gasteiger partial charge in [0.15, 0.2) is 0 Å². The van der Waals surface area contributed by atoms with Gasteiger partial charge in [0.25, 0.3) is 0 Å². The lowest BCUT2D eigenvalue weighted by molar-refractivity contribution is -0.118. The van der Waals surface area contributed by atoms with Crippen molar-refractivity contribution in [3.8, 4) is 11.5 Å². The van der Waals surface area contributed by atoms with Crippen LogP contribution in [0.4, 0.5) is 5.69 Å². The zero-order valence-corrected chi connectivity index (χ0v) is 12.0. The Bertz CT molecular complexity index is 628. The third-order valence-electron chi connectivity index (χ3n) is 3.12. The van der Waals surface area contributed by atoms with E-state index in [2.05, 4.69) is 5.32 Å². The summed E-state index contributed by atoms with van der Waals surface area (Å²) in [5.74, 6) is 0.822. The Morgan fingerprint density at radius 2 is 1.86 bits per heavy atom. The minimum absolute atomic E-state index is 0.484. The van der Waals surface area contributed by atoms with Gasteiger partial charge in [0.1, 0.15) is 17.5 Å². The quantitative estimate of drug-likeness (QED) is 0.855. The number of amides is 1. The zero-order chi connectivity index (χ0) is 15.2. The van der Waals surface area contributed by atoms with E-state index < -0.39 is 11.9 Å². The van der Waals surface area contributed by atoms with E-state index in [0.717, 1.165) is 5.69 Å². The first-order chi connectivity index (χ1) is 10.2. The summed E-state index contributed by atoms with van der Waals surface area (Å²) in [6, 6.07) is 13.9. The molecule has 0 bridgehead atoms. The number of benzene rings is 2. The van der Waals surface area contributed by atoms with Crippen LogP contribution in [0.2, 0.25) is 0 Å². The molecule has 0 spiro atoms. The van der Waals surface area contributed by atoms with Crippen LogP contribution in [0.3, 0.4) is 0 Å². The molecule has 110 valence electrons. The van der Waals surface area contributed by atoms with E-state index in [9.17, 15) is 4.79 Å². The van der Waals surface area contributed by atoms with Gasteiger partial charge in [-0.2, -0.15) is 0 Å². The number of methoxy groups -OCH3 is 2. The third-order valence-corrected chi connectivity index (χ3v) is 3.12. The summed E-state index contributed by atoms with van der Waals surface area (Å²) in [7, 11) is 3.15. The number of rotatable bonds is 6. The van der Waals surface area contributed by atoms with Gasteiger partial charge in [-0.05, 0) is 18.2 Å². The number of ether oxygens (including phenoxy) is 2. The highest BCUT2D eigenvalue weighted by atomic mass is 16.5. The Kier molecular flexibility index (Phi) is 4.66. The van der Waals surface area contributed by atoms with Crippen molar-refractivity contribution in [3.63, 3.8) is 0 Å². The summed E-state index contributed by atoms with van der Waals surface area (Å²) in [5, 5.41) is 3.11. The second-order valence-corrected chi connectivity index (χ2v) is 4.45. The number of primary amides is 1. The van der Waals surface area contributed by atoms with Crippen molar-refractivity contribution in [3.05, 3.63) is 54.1 Å². The maximum Gasteiger partial charge on any atom is 0.244 e. The van der Waals surface area contributed by atoms with Crippen molar-refractivity contribution in [1.29, 1.82) is 0 Å². The fraction of sp³-hybridized carbons (Fsp3) is 0.188. The fourth-order valence-electron chi connectivity index (χ4n) is 2.09. The summed E-state index contributed by atoms with van der Waals surface area (Å²) < 4.78 is 10.5. The molecule has 0 fully saturated rings. The van der Waals surface area contributed by atoms with Crippen LogP contribution in [-0.2, 0) is 4.79 Å². The topological polar surface area (TPSA) is 73.6 Å². The number of hydrogen-bond acceptors (Lipinski definition) is 4. The summed E-state index contributed by atoms with van der Waals surface area (Å²) in [4.78, 5) is 11.8. The Morgan fingerprint density at radius 3 is 2.52 bits per heavy atom. The number of anilines is 1. The van der Waals surface area contributed by atoms with Crippen LogP contribution in [0.5, 0.6) is 11.5 Å². The minimum Gasteiger partial charge on any atom is -0.497 e. The highest BCUT2D eigenvalue weighted by Gasteiger charge is 2.21. The molecule has 5 heteroatoms. The lowest BCUT2D eigenvalue weighted by Crippen LogP contribution is -2.28. The van der Waals surface area contributed by atoms with Gasteiger partial charge in [0, 0.05) is 17.3 Å². The predicted molar refractivity (Wildman–Crippen MR) is 81.5 cm³/mol. The van der Waals surface area contributed by atoms with Crippen molar-refractivity contribution in [1.82, 2.24) is 0 Å². The first-order valence-corrected chi connectivity index (χ1v) is 6.48. The van der Waals surface area contributed by atoms with Gasteiger partial charge >= 0.3 is 0 Å². The van der Waals surface area contributed by atoms with E-state index in [1.807, 2.05) is 30.3 Å². The normalized spacial score (nSPS) is 11.5. The van der Waals surface area contributed by atoms with E-state index >= 15 is 0 Å². The van der Waals surface area contributed by atoms with Crippen LogP contribution >= 0.6 is 0 Å². The number of hydrogen-bond donors (Lipinski definition) is 2. The maximum atomic E-state index is 11.8. The van der Waals surface area contributed by atoms with Gasteiger partial charge < -0.3 is 20.5 Å². The number of para-hydroxylation sites is 1. The van der Waals surface area contributed by atoms with Gasteiger partial charge in [-0.25, -0.2) is 0 Å². The van der Waals surface area contributed by atoms with Crippen molar-refractivity contribution in [2.75, 3.05) is 19.5 Å². The van der Waals surface area contributed by atoms with Crippen LogP contribution in [0.25, 0.3) is 0 Å². The van der Waals surface area contributed by atoms with Crippen LogP contribution in [0, 0.1) is 0 Å². The van der Waals surface area contributed by atoms with E-state index in [0.29, 0.717) is 17.1 Å². The number of nitrogens with one attached hydrogen (secondary N) is 1. The molecular formula is C16H18N2O3. The van der Waals surface area contributed by atoms with E-state index in [1.165, 1.54) is 0 Å². The SMILES string of the molecule is COc1cccc(NC(C(N)=O)c2ccccc2OC)c1. The third kappa shape index (κ3) is 3.45. The Morgan fingerprint density at radius 1 is 1.10 bits per heavy atom. The maximum absolute atomic E-state index is 11.8. The molecule has 0 radical (unpaired) electrons. The van der Waals surface area contributed by atoms with Crippen LogP contribution < -0.4 is 20.5 Å². The number of nitrogens with two attached hydrogens (primary N) is 1. The van der Waals surface area contributed by atoms with Crippen LogP contribution in [-0.4, -0.2) is 20.1 Å². The molecule has 1 amide bonds. The second kappa shape index (κ2) is 6.65. The van der Waals surface area contributed by atoms with Crippen molar-refractivity contribution < 1.29 is 14.3 Å². The molecule has 0 aromatic heterocycles. The average Bonchev–Trinajstić information content (AvgIpc) is 2.52. The average molecular weight is 286 g/mol. The van der Waals surface area contributed by atoms with Crippen LogP contribution in [0.15, 0.2) is 48.5 Å². The molecule has 2 rings (SSSR count). The molecule has 0 aliphatic carbocycles. The zero-order valence-electron chi connectivity index (χ0n) is 12.0. The molecule has 2 aromatic rings. The van der Waals surface area contributed by atoms with E-state index in [4.69, 9.17) is 15.2 Å². The van der Waals surface area contributed by atoms with Crippen molar-refractivity contribution in [2.24, 2.45) is 5.73 Å². The van der Waals surface area contributed by atoms with Gasteiger partial charge in [0.05, 0.1) is 14.2 Å². The lowest BCUT2D eigenvalue weighted by Gasteiger charge is -2.19. The van der Waals surface area contributed by atoms with Gasteiger partial charge in [-0.1, -0.05) is 24.3 Å². The molecule has 21 heavy (non-hydrogen) atoms. The minimum atomic E-state index is -0.687. The summed E-state index contributed by atoms with van der Waals surface area (Å²) >= 11 is 0. The number of carbonyl (C=O) groups is 1. The second-order valence-electron chi connectivity index (χ2n) is 4.45. The molecule has 0 heterocycles. The Balaban J connectivity index is 2.33. The first kappa shape index (κ1) is 14.7. The first-order valence-electron chi connectivity index (χ1n) is 6.48. The summed E-state index contributed by atoms with van der Waals surface area (Å²) in [6.07, 6.45) is 0. The smallest absolute Gasteiger partial charge is 0.244 e. The van der Waals surface area contributed by atoms with Gasteiger partial charge in [-0.15, -0.1) is 0 Å². The summed E-state index contributed by atoms with van der Waals surface area (Å²) in [6.45, 7) is 0. The molecule has 0 aliphatic rings. The molecule has 5 nitrogen and oxygen atoms in total. The monoisotopic (exact) mass is 286 g/mol. The molecular weight excluding hydrogens is 268 g/mol. The van der Waals surface area contributed by atoms with E-state index in [1.54, 1.807) is 32.4 Å². The fourth-order valence-corrected chi connectivity index (χ4v) is 2.09. The summed E-state index contributed by atoms with van der Waals surface area (Å²) in [5.41, 5.74) is 6.95. The molecule has 1 atom stereocenters. The van der Waals surface area contributed by atoms with E-state index in [-0.39, 0.29) is 0 Å². The molecule has 2 aromatic carbocycles. The molecule has 0 aliphatic heterocycles. The molecule has 3 N–H and O–H groups in total. The lowest BCUT2D eigenvalue weighted by atomic mass is 10.0. The standard InChI is InChI=1S/C16H18N2O3/c1-20-12-7-5-6-11(10-12)18-15(16(17)19)13-8-3-4-9-14(13)21-2/h3-10,15,18H,1-2H3,(H2,17,19). The molecule has 1 unspecified atom stereocenters. The molecule has 0 saturated carbocycles. The Hall–Kier alpha value is -2.69. The highest BCUT2D eigenvalue weighted by molar-refractivity contribution is 5.85. The van der Waals surface area contributed by atoms with Crippen molar-refractivity contribution >= 4 is 11.6 Å². The van der Waals surface area contributed by atoms with Crippen molar-refractivity contribution in [2.45, 2.75) is 6.04 Å². The van der Waals surface area contributed by atoms with Crippen LogP contribution in [0.1, 0.15) is 11.6 Å². The number of carbonyl (C=O) groups excluding carboxylic acids is 1. The van der Waals surface area contributed by atoms with Gasteiger partial charge in [0.2, 0.25) is 5.91 Å². The van der Waals surface area contributed by atoms with Gasteiger partial charge in [-0.3, -0.25) is 4.79 Å². The highest BCUT2D eigenvalue weighted by Crippen LogP contribution is 2.28. The Labute approximate surface area is 123 Å².